The lowest BCUT2D eigenvalue weighted by Crippen LogP contribution is -2.42. The van der Waals surface area contributed by atoms with Crippen molar-refractivity contribution in [1.82, 2.24) is 9.88 Å². The van der Waals surface area contributed by atoms with Crippen molar-refractivity contribution >= 4 is 11.7 Å². The van der Waals surface area contributed by atoms with Crippen LogP contribution < -0.4 is 15.2 Å². The number of fused-ring (bicyclic) bond motifs is 1. The number of hydrogen-bond acceptors (Lipinski definition) is 6. The summed E-state index contributed by atoms with van der Waals surface area (Å²) in [5.41, 5.74) is 9.53. The Balaban J connectivity index is 1.87. The first-order chi connectivity index (χ1) is 14.1. The summed E-state index contributed by atoms with van der Waals surface area (Å²) in [6.07, 6.45) is 3.65. The van der Waals surface area contributed by atoms with Gasteiger partial charge in [0.25, 0.3) is 0 Å². The van der Waals surface area contributed by atoms with Crippen molar-refractivity contribution in [2.45, 2.75) is 32.2 Å². The molecular weight excluding hydrogens is 368 g/mol. The van der Waals surface area contributed by atoms with Crippen LogP contribution in [0.25, 0.3) is 11.1 Å². The van der Waals surface area contributed by atoms with Gasteiger partial charge in [0.2, 0.25) is 5.91 Å². The Kier molecular flexibility index (Phi) is 5.01. The predicted molar refractivity (Wildman–Crippen MR) is 108 cm³/mol. The van der Waals surface area contributed by atoms with E-state index in [1.165, 1.54) is 0 Å². The number of nitrogen functional groups attached to an aromatic ring is 1. The number of carbonyl (C=O) groups excluding carboxylic acids is 1. The van der Waals surface area contributed by atoms with Gasteiger partial charge in [0, 0.05) is 42.1 Å². The Bertz CT molecular complexity index is 1010. The summed E-state index contributed by atoms with van der Waals surface area (Å²) >= 11 is 0. The fourth-order valence-corrected chi connectivity index (χ4v) is 4.10. The molecule has 1 aromatic heterocycles. The molecule has 2 aromatic rings. The van der Waals surface area contributed by atoms with Gasteiger partial charge < -0.3 is 20.1 Å². The molecule has 1 amide bonds. The quantitative estimate of drug-likeness (QED) is 0.858. The lowest BCUT2D eigenvalue weighted by atomic mass is 9.83. The molecule has 2 heterocycles. The molecule has 1 saturated carbocycles. The maximum Gasteiger partial charge on any atom is 0.225 e. The van der Waals surface area contributed by atoms with E-state index in [4.69, 9.17) is 15.2 Å². The second kappa shape index (κ2) is 7.63. The molecule has 0 spiro atoms. The fraction of sp³-hybridized carbons (Fsp3) is 0.409. The lowest BCUT2D eigenvalue weighted by molar-refractivity contribution is -0.139. The zero-order valence-electron chi connectivity index (χ0n) is 16.7. The summed E-state index contributed by atoms with van der Waals surface area (Å²) in [6.45, 7) is 1.04. The number of methoxy groups -OCH3 is 2. The molecule has 2 aliphatic rings. The second-order valence-corrected chi connectivity index (χ2v) is 7.49. The Morgan fingerprint density at radius 1 is 1.31 bits per heavy atom. The summed E-state index contributed by atoms with van der Waals surface area (Å²) in [4.78, 5) is 19.2. The minimum atomic E-state index is 0.128. The number of benzene rings is 1. The number of anilines is 1. The smallest absolute Gasteiger partial charge is 0.225 e. The number of nitrogens with zero attached hydrogens (tertiary/aromatic N) is 3. The number of pyridine rings is 1. The van der Waals surface area contributed by atoms with Gasteiger partial charge in [-0.1, -0.05) is 6.42 Å². The van der Waals surface area contributed by atoms with E-state index in [0.717, 1.165) is 30.5 Å². The van der Waals surface area contributed by atoms with Crippen LogP contribution in [0, 0.1) is 17.2 Å². The normalized spacial score (nSPS) is 15.8. The third kappa shape index (κ3) is 3.25. The van der Waals surface area contributed by atoms with Gasteiger partial charge in [0.15, 0.2) is 0 Å². The van der Waals surface area contributed by atoms with Gasteiger partial charge in [-0.3, -0.25) is 4.79 Å². The molecule has 4 rings (SSSR count). The largest absolute Gasteiger partial charge is 0.497 e. The number of carbonyl (C=O) groups is 1. The number of nitrogens with two attached hydrogens (primary N) is 1. The molecule has 29 heavy (non-hydrogen) atoms. The van der Waals surface area contributed by atoms with Crippen molar-refractivity contribution in [3.63, 3.8) is 0 Å². The first kappa shape index (κ1) is 19.1. The van der Waals surface area contributed by atoms with E-state index in [1.54, 1.807) is 26.4 Å². The van der Waals surface area contributed by atoms with Crippen molar-refractivity contribution < 1.29 is 14.3 Å². The third-order valence-electron chi connectivity index (χ3n) is 5.93. The van der Waals surface area contributed by atoms with Gasteiger partial charge in [0.1, 0.15) is 28.9 Å². The molecule has 1 aliphatic carbocycles. The molecule has 7 nitrogen and oxygen atoms in total. The highest BCUT2D eigenvalue weighted by Crippen LogP contribution is 2.41. The van der Waals surface area contributed by atoms with Gasteiger partial charge in [-0.25, -0.2) is 4.98 Å². The van der Waals surface area contributed by atoms with E-state index in [-0.39, 0.29) is 17.6 Å². The number of amides is 1. The van der Waals surface area contributed by atoms with Crippen LogP contribution in [0.15, 0.2) is 18.2 Å². The summed E-state index contributed by atoms with van der Waals surface area (Å²) in [5, 5.41) is 9.84. The minimum Gasteiger partial charge on any atom is -0.497 e. The second-order valence-electron chi connectivity index (χ2n) is 7.49. The van der Waals surface area contributed by atoms with E-state index in [9.17, 15) is 10.1 Å². The number of aromatic nitrogens is 1. The monoisotopic (exact) mass is 392 g/mol. The molecule has 1 aliphatic heterocycles. The zero-order valence-corrected chi connectivity index (χ0v) is 16.7. The summed E-state index contributed by atoms with van der Waals surface area (Å²) in [6, 6.07) is 7.65. The number of nitriles is 1. The fourth-order valence-electron chi connectivity index (χ4n) is 4.10. The van der Waals surface area contributed by atoms with Crippen LogP contribution in [0.5, 0.6) is 11.5 Å². The summed E-state index contributed by atoms with van der Waals surface area (Å²) in [7, 11) is 3.17. The topological polar surface area (TPSA) is 101 Å². The van der Waals surface area contributed by atoms with Crippen molar-refractivity contribution in [3.05, 3.63) is 35.0 Å². The Labute approximate surface area is 170 Å². The molecular formula is C22H24N4O3. The Morgan fingerprint density at radius 3 is 2.72 bits per heavy atom. The van der Waals surface area contributed by atoms with Crippen molar-refractivity contribution in [2.24, 2.45) is 5.92 Å². The minimum absolute atomic E-state index is 0.128. The number of hydrogen-bond donors (Lipinski definition) is 1. The van der Waals surface area contributed by atoms with E-state index in [2.05, 4.69) is 11.1 Å². The van der Waals surface area contributed by atoms with Crippen LogP contribution in [-0.4, -0.2) is 36.6 Å². The van der Waals surface area contributed by atoms with E-state index < -0.39 is 0 Å². The highest BCUT2D eigenvalue weighted by atomic mass is 16.5. The van der Waals surface area contributed by atoms with Crippen LogP contribution in [-0.2, 0) is 17.8 Å². The average Bonchev–Trinajstić information content (AvgIpc) is 2.70. The molecule has 0 radical (unpaired) electrons. The van der Waals surface area contributed by atoms with Gasteiger partial charge >= 0.3 is 0 Å². The summed E-state index contributed by atoms with van der Waals surface area (Å²) < 4.78 is 10.9. The van der Waals surface area contributed by atoms with Crippen LogP contribution in [0.1, 0.15) is 36.1 Å². The maximum atomic E-state index is 12.9. The molecule has 1 fully saturated rings. The van der Waals surface area contributed by atoms with Gasteiger partial charge in [0.05, 0.1) is 19.9 Å². The highest BCUT2D eigenvalue weighted by molar-refractivity contribution is 5.85. The van der Waals surface area contributed by atoms with E-state index in [1.807, 2.05) is 11.0 Å². The molecule has 1 aromatic carbocycles. The van der Waals surface area contributed by atoms with Crippen LogP contribution in [0.4, 0.5) is 5.82 Å². The molecule has 0 saturated heterocycles. The number of rotatable bonds is 4. The Morgan fingerprint density at radius 2 is 2.10 bits per heavy atom. The molecule has 0 atom stereocenters. The average molecular weight is 392 g/mol. The third-order valence-corrected chi connectivity index (χ3v) is 5.93. The molecule has 0 unspecified atom stereocenters. The van der Waals surface area contributed by atoms with Gasteiger partial charge in [-0.15, -0.1) is 0 Å². The van der Waals surface area contributed by atoms with Crippen LogP contribution >= 0.6 is 0 Å². The SMILES string of the molecule is COc1ccc(OC)c(-c2c(C#N)c(N)nc3c2CN(C(=O)C2CCC2)CC3)c1. The standard InChI is InChI=1S/C22H24N4O3/c1-28-14-6-7-19(29-2)15(10-14)20-16(11-23)21(24)25-18-8-9-26(12-17(18)20)22(27)13-4-3-5-13/h6-7,10,13H,3-5,8-9,12H2,1-2H3,(H2,24,25). The molecule has 0 bridgehead atoms. The zero-order chi connectivity index (χ0) is 20.5. The van der Waals surface area contributed by atoms with Gasteiger partial charge in [-0.2, -0.15) is 5.26 Å². The molecule has 150 valence electrons. The van der Waals surface area contributed by atoms with Gasteiger partial charge in [-0.05, 0) is 31.0 Å². The number of ether oxygens (including phenoxy) is 2. The van der Waals surface area contributed by atoms with Crippen LogP contribution in [0.2, 0.25) is 0 Å². The molecule has 7 heteroatoms. The van der Waals surface area contributed by atoms with E-state index >= 15 is 0 Å². The van der Waals surface area contributed by atoms with Crippen LogP contribution in [0.3, 0.4) is 0 Å². The van der Waals surface area contributed by atoms with Crippen molar-refractivity contribution in [3.8, 4) is 28.7 Å². The van der Waals surface area contributed by atoms with Crippen molar-refractivity contribution in [1.29, 1.82) is 5.26 Å². The molecule has 2 N–H and O–H groups in total. The first-order valence-corrected chi connectivity index (χ1v) is 9.79. The highest BCUT2D eigenvalue weighted by Gasteiger charge is 2.33. The maximum absolute atomic E-state index is 12.9. The van der Waals surface area contributed by atoms with E-state index in [0.29, 0.717) is 47.7 Å². The van der Waals surface area contributed by atoms with Crippen molar-refractivity contribution in [2.75, 3.05) is 26.5 Å². The Hall–Kier alpha value is -3.27. The summed E-state index contributed by atoms with van der Waals surface area (Å²) in [5.74, 6) is 1.78. The lowest BCUT2D eigenvalue weighted by Gasteiger charge is -2.35. The predicted octanol–water partition coefficient (Wildman–Crippen LogP) is 2.90. The first-order valence-electron chi connectivity index (χ1n) is 9.79.